The number of thioether (sulfide) groups is 1. The molecule has 25 heavy (non-hydrogen) atoms. The second kappa shape index (κ2) is 6.43. The highest BCUT2D eigenvalue weighted by Gasteiger charge is 2.21. The summed E-state index contributed by atoms with van der Waals surface area (Å²) < 4.78 is 12.4. The van der Waals surface area contributed by atoms with Crippen LogP contribution in [0, 0.1) is 0 Å². The number of nitrogen functional groups attached to an aromatic ring is 1. The maximum Gasteiger partial charge on any atom is 0.332 e. The van der Waals surface area contributed by atoms with Gasteiger partial charge in [0.15, 0.2) is 11.5 Å². The Morgan fingerprint density at radius 2 is 2.04 bits per heavy atom. The monoisotopic (exact) mass is 363 g/mol. The quantitative estimate of drug-likeness (QED) is 0.500. The van der Waals surface area contributed by atoms with Crippen LogP contribution in [-0.2, 0) is 14.1 Å². The van der Waals surface area contributed by atoms with Crippen LogP contribution in [0.25, 0.3) is 11.7 Å². The minimum absolute atomic E-state index is 0.139. The Morgan fingerprint density at radius 1 is 1.28 bits per heavy atom. The molecule has 3 heterocycles. The lowest BCUT2D eigenvalue weighted by Gasteiger charge is -2.10. The van der Waals surface area contributed by atoms with Gasteiger partial charge in [0, 0.05) is 14.1 Å². The van der Waals surface area contributed by atoms with Gasteiger partial charge in [0.05, 0.1) is 12.0 Å². The third-order valence-electron chi connectivity index (χ3n) is 3.45. The molecule has 0 fully saturated rings. The van der Waals surface area contributed by atoms with Crippen molar-refractivity contribution in [2.24, 2.45) is 14.1 Å². The van der Waals surface area contributed by atoms with Crippen LogP contribution in [0.3, 0.4) is 0 Å². The standard InChI is InChI=1S/C14H13N5O5S/c1-18-10(15)9(12(21)19(2)14(18)22)7(20)6-25-13-17-16-11(24-13)8-4-3-5-23-8/h3-5H,6,15H2,1-2H3. The molecule has 0 amide bonds. The number of ketones is 1. The Morgan fingerprint density at radius 3 is 2.72 bits per heavy atom. The number of nitrogens with two attached hydrogens (primary N) is 1. The second-order valence-corrected chi connectivity index (χ2v) is 5.95. The van der Waals surface area contributed by atoms with Gasteiger partial charge in [-0.25, -0.2) is 4.79 Å². The van der Waals surface area contributed by atoms with Gasteiger partial charge in [-0.3, -0.25) is 18.7 Å². The summed E-state index contributed by atoms with van der Waals surface area (Å²) >= 11 is 0.952. The van der Waals surface area contributed by atoms with Gasteiger partial charge in [0.1, 0.15) is 11.4 Å². The molecule has 0 unspecified atom stereocenters. The van der Waals surface area contributed by atoms with Gasteiger partial charge in [0.2, 0.25) is 0 Å². The topological polar surface area (TPSA) is 139 Å². The summed E-state index contributed by atoms with van der Waals surface area (Å²) in [6.45, 7) is 0. The Kier molecular flexibility index (Phi) is 4.31. The molecular formula is C14H13N5O5S. The lowest BCUT2D eigenvalue weighted by atomic mass is 10.2. The van der Waals surface area contributed by atoms with E-state index in [9.17, 15) is 14.4 Å². The molecule has 11 heteroatoms. The fraction of sp³-hybridized carbons (Fsp3) is 0.214. The minimum atomic E-state index is -0.743. The molecular weight excluding hydrogens is 350 g/mol. The number of hydrogen-bond donors (Lipinski definition) is 1. The van der Waals surface area contributed by atoms with E-state index >= 15 is 0 Å². The average Bonchev–Trinajstić information content (AvgIpc) is 3.27. The number of carbonyl (C=O) groups is 1. The zero-order valence-corrected chi connectivity index (χ0v) is 14.1. The molecule has 0 aromatic carbocycles. The molecule has 2 N–H and O–H groups in total. The first-order valence-corrected chi connectivity index (χ1v) is 7.97. The summed E-state index contributed by atoms with van der Waals surface area (Å²) in [5.74, 6) is -0.298. The maximum atomic E-state index is 12.4. The summed E-state index contributed by atoms with van der Waals surface area (Å²) in [7, 11) is 2.66. The SMILES string of the molecule is Cn1c(N)c(C(=O)CSc2nnc(-c3ccco3)o2)c(=O)n(C)c1=O. The van der Waals surface area contributed by atoms with Gasteiger partial charge in [-0.1, -0.05) is 11.8 Å². The lowest BCUT2D eigenvalue weighted by Crippen LogP contribution is -2.41. The summed E-state index contributed by atoms with van der Waals surface area (Å²) in [4.78, 5) is 36.3. The Bertz CT molecular complexity index is 1050. The van der Waals surface area contributed by atoms with E-state index in [0.717, 1.165) is 20.9 Å². The first kappa shape index (κ1) is 16.8. The summed E-state index contributed by atoms with van der Waals surface area (Å²) in [6, 6.07) is 3.33. The molecule has 0 radical (unpaired) electrons. The smallest absolute Gasteiger partial charge is 0.332 e. The number of hydrogen-bond acceptors (Lipinski definition) is 9. The van der Waals surface area contributed by atoms with Gasteiger partial charge < -0.3 is 14.6 Å². The zero-order valence-electron chi connectivity index (χ0n) is 13.3. The van der Waals surface area contributed by atoms with E-state index < -0.39 is 17.0 Å². The van der Waals surface area contributed by atoms with Gasteiger partial charge in [-0.15, -0.1) is 10.2 Å². The molecule has 0 saturated carbocycles. The fourth-order valence-electron chi connectivity index (χ4n) is 2.09. The number of anilines is 1. The van der Waals surface area contributed by atoms with Crippen molar-refractivity contribution in [1.82, 2.24) is 19.3 Å². The summed E-state index contributed by atoms with van der Waals surface area (Å²) in [6.07, 6.45) is 1.47. The Hall–Kier alpha value is -3.08. The summed E-state index contributed by atoms with van der Waals surface area (Å²) in [5.41, 5.74) is 4.15. The maximum absolute atomic E-state index is 12.4. The summed E-state index contributed by atoms with van der Waals surface area (Å²) in [5, 5.41) is 7.74. The highest BCUT2D eigenvalue weighted by Crippen LogP contribution is 2.24. The molecule has 130 valence electrons. The van der Waals surface area contributed by atoms with E-state index in [1.807, 2.05) is 0 Å². The number of Topliss-reactive ketones (excluding diaryl/α,β-unsaturated/α-hetero) is 1. The zero-order chi connectivity index (χ0) is 18.1. The van der Waals surface area contributed by atoms with Gasteiger partial charge in [-0.05, 0) is 12.1 Å². The highest BCUT2D eigenvalue weighted by molar-refractivity contribution is 7.99. The molecule has 3 aromatic rings. The molecule has 0 aliphatic rings. The fourth-order valence-corrected chi connectivity index (χ4v) is 2.72. The van der Waals surface area contributed by atoms with E-state index in [-0.39, 0.29) is 28.2 Å². The molecule has 0 aliphatic heterocycles. The second-order valence-electron chi connectivity index (χ2n) is 5.03. The van der Waals surface area contributed by atoms with Crippen LogP contribution >= 0.6 is 11.8 Å². The molecule has 0 atom stereocenters. The van der Waals surface area contributed by atoms with Crippen LogP contribution < -0.4 is 17.0 Å². The van der Waals surface area contributed by atoms with Crippen molar-refractivity contribution in [1.29, 1.82) is 0 Å². The van der Waals surface area contributed by atoms with E-state index in [1.165, 1.54) is 20.4 Å². The van der Waals surface area contributed by atoms with Crippen molar-refractivity contribution >= 4 is 23.4 Å². The minimum Gasteiger partial charge on any atom is -0.459 e. The Labute approximate surface area is 144 Å². The van der Waals surface area contributed by atoms with Crippen LogP contribution in [0.1, 0.15) is 10.4 Å². The largest absolute Gasteiger partial charge is 0.459 e. The molecule has 0 bridgehead atoms. The first-order chi connectivity index (χ1) is 11.9. The third-order valence-corrected chi connectivity index (χ3v) is 4.27. The van der Waals surface area contributed by atoms with E-state index in [4.69, 9.17) is 14.6 Å². The average molecular weight is 363 g/mol. The van der Waals surface area contributed by atoms with E-state index in [1.54, 1.807) is 12.1 Å². The van der Waals surface area contributed by atoms with Crippen LogP contribution in [0.4, 0.5) is 5.82 Å². The number of nitrogens with zero attached hydrogens (tertiary/aromatic N) is 4. The van der Waals surface area contributed by atoms with Gasteiger partial charge >= 0.3 is 5.69 Å². The van der Waals surface area contributed by atoms with Crippen molar-refractivity contribution in [2.75, 3.05) is 11.5 Å². The highest BCUT2D eigenvalue weighted by atomic mass is 32.2. The first-order valence-electron chi connectivity index (χ1n) is 6.99. The normalized spacial score (nSPS) is 11.0. The van der Waals surface area contributed by atoms with Crippen LogP contribution in [0.15, 0.2) is 42.0 Å². The van der Waals surface area contributed by atoms with Crippen molar-refractivity contribution in [3.8, 4) is 11.7 Å². The van der Waals surface area contributed by atoms with Crippen molar-refractivity contribution in [2.45, 2.75) is 5.22 Å². The number of carbonyl (C=O) groups excluding carboxylic acids is 1. The van der Waals surface area contributed by atoms with E-state index in [2.05, 4.69) is 10.2 Å². The molecule has 0 aliphatic carbocycles. The Balaban J connectivity index is 1.80. The molecule has 3 rings (SSSR count). The van der Waals surface area contributed by atoms with Crippen LogP contribution in [0.5, 0.6) is 0 Å². The van der Waals surface area contributed by atoms with Crippen molar-refractivity contribution in [3.05, 3.63) is 44.8 Å². The predicted octanol–water partition coefficient (Wildman–Crippen LogP) is 0.284. The molecule has 3 aromatic heterocycles. The van der Waals surface area contributed by atoms with E-state index in [0.29, 0.717) is 5.76 Å². The molecule has 0 spiro atoms. The number of aromatic nitrogens is 4. The number of furan rings is 1. The molecule has 0 saturated heterocycles. The number of rotatable bonds is 5. The van der Waals surface area contributed by atoms with Crippen molar-refractivity contribution < 1.29 is 13.6 Å². The third kappa shape index (κ3) is 3.01. The van der Waals surface area contributed by atoms with Crippen LogP contribution in [0.2, 0.25) is 0 Å². The lowest BCUT2D eigenvalue weighted by molar-refractivity contribution is 0.102. The van der Waals surface area contributed by atoms with Crippen LogP contribution in [-0.4, -0.2) is 30.9 Å². The van der Waals surface area contributed by atoms with Gasteiger partial charge in [-0.2, -0.15) is 0 Å². The van der Waals surface area contributed by atoms with Crippen molar-refractivity contribution in [3.63, 3.8) is 0 Å². The van der Waals surface area contributed by atoms with Gasteiger partial charge in [0.25, 0.3) is 16.7 Å². The predicted molar refractivity (Wildman–Crippen MR) is 88.4 cm³/mol. The molecule has 10 nitrogen and oxygen atoms in total.